The normalized spacial score (nSPS) is 26.3. The van der Waals surface area contributed by atoms with Gasteiger partial charge in [0, 0.05) is 10.9 Å². The molecule has 1 aromatic carbocycles. The number of hydrogen-bond donors (Lipinski definition) is 0. The number of halogens is 1. The van der Waals surface area contributed by atoms with E-state index in [0.717, 1.165) is 16.5 Å². The van der Waals surface area contributed by atoms with Gasteiger partial charge in [0.2, 0.25) is 0 Å². The van der Waals surface area contributed by atoms with Crippen LogP contribution in [0.3, 0.4) is 0 Å². The molecule has 3 heteroatoms. The first-order valence-corrected chi connectivity index (χ1v) is 5.42. The summed E-state index contributed by atoms with van der Waals surface area (Å²) >= 11 is 3.37. The van der Waals surface area contributed by atoms with E-state index in [9.17, 15) is 4.79 Å². The summed E-state index contributed by atoms with van der Waals surface area (Å²) in [5.41, 5.74) is 1.07. The number of benzene rings is 1. The van der Waals surface area contributed by atoms with Crippen LogP contribution in [0, 0.1) is 5.92 Å². The number of esters is 1. The summed E-state index contributed by atoms with van der Waals surface area (Å²) in [7, 11) is 0. The van der Waals surface area contributed by atoms with Crippen molar-refractivity contribution in [3.63, 3.8) is 0 Å². The lowest BCUT2D eigenvalue weighted by Crippen LogP contribution is -2.01. The highest BCUT2D eigenvalue weighted by atomic mass is 79.9. The van der Waals surface area contributed by atoms with E-state index in [1.54, 1.807) is 0 Å². The molecule has 0 saturated carbocycles. The predicted octanol–water partition coefficient (Wildman–Crippen LogP) is 3.07. The highest BCUT2D eigenvalue weighted by molar-refractivity contribution is 9.10. The molecular weight excluding hydrogens is 244 g/mol. The molecule has 1 fully saturated rings. The Hall–Kier alpha value is -0.830. The number of carbonyl (C=O) groups excluding carboxylic acids is 1. The van der Waals surface area contributed by atoms with Crippen molar-refractivity contribution in [1.82, 2.24) is 0 Å². The zero-order valence-corrected chi connectivity index (χ0v) is 9.45. The van der Waals surface area contributed by atoms with E-state index in [2.05, 4.69) is 15.9 Å². The zero-order chi connectivity index (χ0) is 10.1. The molecule has 0 aromatic heterocycles. The smallest absolute Gasteiger partial charge is 0.309 e. The van der Waals surface area contributed by atoms with E-state index < -0.39 is 0 Å². The van der Waals surface area contributed by atoms with E-state index in [0.29, 0.717) is 0 Å². The number of rotatable bonds is 1. The van der Waals surface area contributed by atoms with Gasteiger partial charge in [-0.05, 0) is 17.7 Å². The van der Waals surface area contributed by atoms with E-state index in [4.69, 9.17) is 4.74 Å². The van der Waals surface area contributed by atoms with E-state index in [-0.39, 0.29) is 18.0 Å². The molecule has 1 aliphatic rings. The van der Waals surface area contributed by atoms with Crippen molar-refractivity contribution in [3.8, 4) is 0 Å². The number of hydrogen-bond acceptors (Lipinski definition) is 2. The SMILES string of the molecule is C[C@H]1C[C@@H](c2ccc(Br)cc2)OC1=O. The second-order valence-corrected chi connectivity index (χ2v) is 4.53. The van der Waals surface area contributed by atoms with Gasteiger partial charge in [-0.15, -0.1) is 0 Å². The van der Waals surface area contributed by atoms with Crippen LogP contribution >= 0.6 is 15.9 Å². The van der Waals surface area contributed by atoms with Crippen LogP contribution in [0.5, 0.6) is 0 Å². The van der Waals surface area contributed by atoms with Crippen molar-refractivity contribution in [2.45, 2.75) is 19.4 Å². The van der Waals surface area contributed by atoms with Crippen molar-refractivity contribution < 1.29 is 9.53 Å². The number of ether oxygens (including phenoxy) is 1. The van der Waals surface area contributed by atoms with Crippen molar-refractivity contribution in [2.24, 2.45) is 5.92 Å². The van der Waals surface area contributed by atoms with E-state index >= 15 is 0 Å². The van der Waals surface area contributed by atoms with Crippen molar-refractivity contribution in [3.05, 3.63) is 34.3 Å². The third kappa shape index (κ3) is 1.82. The fourth-order valence-corrected chi connectivity index (χ4v) is 1.87. The minimum Gasteiger partial charge on any atom is -0.457 e. The summed E-state index contributed by atoms with van der Waals surface area (Å²) in [5.74, 6) is -0.0541. The molecule has 1 saturated heterocycles. The van der Waals surface area contributed by atoms with Gasteiger partial charge in [0.25, 0.3) is 0 Å². The molecule has 0 radical (unpaired) electrons. The first-order chi connectivity index (χ1) is 6.66. The molecule has 74 valence electrons. The second kappa shape index (κ2) is 3.73. The molecule has 1 aromatic rings. The summed E-state index contributed by atoms with van der Waals surface area (Å²) < 4.78 is 6.29. The Bertz CT molecular complexity index is 345. The second-order valence-electron chi connectivity index (χ2n) is 3.61. The first-order valence-electron chi connectivity index (χ1n) is 4.63. The van der Waals surface area contributed by atoms with Gasteiger partial charge in [0.1, 0.15) is 6.10 Å². The van der Waals surface area contributed by atoms with Gasteiger partial charge < -0.3 is 4.74 Å². The zero-order valence-electron chi connectivity index (χ0n) is 7.87. The maximum Gasteiger partial charge on any atom is 0.309 e. The third-order valence-electron chi connectivity index (χ3n) is 2.47. The van der Waals surface area contributed by atoms with Crippen LogP contribution in [-0.4, -0.2) is 5.97 Å². The van der Waals surface area contributed by atoms with Crippen LogP contribution in [0.1, 0.15) is 25.0 Å². The van der Waals surface area contributed by atoms with Crippen molar-refractivity contribution in [1.29, 1.82) is 0 Å². The van der Waals surface area contributed by atoms with Crippen LogP contribution in [0.4, 0.5) is 0 Å². The molecule has 2 atom stereocenters. The summed E-state index contributed by atoms with van der Waals surface area (Å²) in [4.78, 5) is 11.2. The molecular formula is C11H11BrO2. The standard InChI is InChI=1S/C11H11BrO2/c1-7-6-10(14-11(7)13)8-2-4-9(12)5-3-8/h2-5,7,10H,6H2,1H3/t7-,10-/m0/s1. The highest BCUT2D eigenvalue weighted by Gasteiger charge is 2.31. The Morgan fingerprint density at radius 2 is 2.00 bits per heavy atom. The van der Waals surface area contributed by atoms with Gasteiger partial charge in [0.15, 0.2) is 0 Å². The highest BCUT2D eigenvalue weighted by Crippen LogP contribution is 2.33. The predicted molar refractivity (Wildman–Crippen MR) is 56.8 cm³/mol. The maximum absolute atomic E-state index is 11.2. The summed E-state index contributed by atoms with van der Waals surface area (Å²) in [6.07, 6.45) is 0.742. The van der Waals surface area contributed by atoms with Gasteiger partial charge in [0.05, 0.1) is 5.92 Å². The van der Waals surface area contributed by atoms with Crippen molar-refractivity contribution in [2.75, 3.05) is 0 Å². The Kier molecular flexibility index (Phi) is 2.59. The minimum atomic E-state index is -0.0853. The molecule has 1 heterocycles. The molecule has 0 spiro atoms. The molecule has 0 bridgehead atoms. The monoisotopic (exact) mass is 254 g/mol. The fraction of sp³-hybridized carbons (Fsp3) is 0.364. The van der Waals surface area contributed by atoms with E-state index in [1.165, 1.54) is 0 Å². The molecule has 14 heavy (non-hydrogen) atoms. The molecule has 0 amide bonds. The molecule has 0 aliphatic carbocycles. The van der Waals surface area contributed by atoms with E-state index in [1.807, 2.05) is 31.2 Å². The molecule has 0 N–H and O–H groups in total. The Balaban J connectivity index is 2.17. The minimum absolute atomic E-state index is 0.0312. The molecule has 2 rings (SSSR count). The van der Waals surface area contributed by atoms with Crippen molar-refractivity contribution >= 4 is 21.9 Å². The number of carbonyl (C=O) groups is 1. The van der Waals surface area contributed by atoms with Gasteiger partial charge in [-0.2, -0.15) is 0 Å². The van der Waals surface area contributed by atoms with Crippen LogP contribution in [0.15, 0.2) is 28.7 Å². The van der Waals surface area contributed by atoms with Gasteiger partial charge >= 0.3 is 5.97 Å². The average Bonchev–Trinajstić information content (AvgIpc) is 2.48. The first kappa shape index (κ1) is 9.71. The van der Waals surface area contributed by atoms with Crippen LogP contribution in [0.25, 0.3) is 0 Å². The largest absolute Gasteiger partial charge is 0.457 e. The molecule has 1 aliphatic heterocycles. The Labute approximate surface area is 91.4 Å². The third-order valence-corrected chi connectivity index (χ3v) is 3.00. The van der Waals surface area contributed by atoms with Crippen LogP contribution < -0.4 is 0 Å². The summed E-state index contributed by atoms with van der Waals surface area (Å²) in [5, 5.41) is 0. The molecule has 2 nitrogen and oxygen atoms in total. The van der Waals surface area contributed by atoms with Crippen LogP contribution in [0.2, 0.25) is 0 Å². The Morgan fingerprint density at radius 3 is 2.50 bits per heavy atom. The lowest BCUT2D eigenvalue weighted by Gasteiger charge is -2.08. The quantitative estimate of drug-likeness (QED) is 0.721. The number of cyclic esters (lactones) is 1. The lowest BCUT2D eigenvalue weighted by molar-refractivity contribution is -0.144. The average molecular weight is 255 g/mol. The van der Waals surface area contributed by atoms with Gasteiger partial charge in [-0.25, -0.2) is 0 Å². The van der Waals surface area contributed by atoms with Gasteiger partial charge in [-0.1, -0.05) is 35.0 Å². The topological polar surface area (TPSA) is 26.3 Å². The summed E-state index contributed by atoms with van der Waals surface area (Å²) in [6, 6.07) is 7.90. The summed E-state index contributed by atoms with van der Waals surface area (Å²) in [6.45, 7) is 1.90. The molecule has 0 unspecified atom stereocenters. The lowest BCUT2D eigenvalue weighted by atomic mass is 10.0. The maximum atomic E-state index is 11.2. The Morgan fingerprint density at radius 1 is 1.36 bits per heavy atom. The fourth-order valence-electron chi connectivity index (χ4n) is 1.60. The van der Waals surface area contributed by atoms with Gasteiger partial charge in [-0.3, -0.25) is 4.79 Å². The van der Waals surface area contributed by atoms with Crippen LogP contribution in [-0.2, 0) is 9.53 Å².